The minimum Gasteiger partial charge on any atom is -0.347 e. The number of carbonyl (C=O) groups is 2. The summed E-state index contributed by atoms with van der Waals surface area (Å²) in [5.41, 5.74) is 0.964. The van der Waals surface area contributed by atoms with Gasteiger partial charge in [0.2, 0.25) is 11.8 Å². The standard InChI is InChI=1S/C22H24FN3O3/c1-24(2)22(29)21-16-10-15(18-8-5-9-19(27)26(18)21)12-25(13-16)20(28)11-14-6-3-4-7-17(14)23/h3-9,15-16,21H,10-13H2,1-2H3/t15-,16+,21-/m1/s1. The second-order valence-electron chi connectivity index (χ2n) is 8.10. The van der Waals surface area contributed by atoms with Gasteiger partial charge in [-0.25, -0.2) is 4.39 Å². The molecule has 2 aliphatic rings. The molecule has 152 valence electrons. The molecule has 0 radical (unpaired) electrons. The lowest BCUT2D eigenvalue weighted by Gasteiger charge is -2.46. The summed E-state index contributed by atoms with van der Waals surface area (Å²) in [6.07, 6.45) is 0.733. The second-order valence-corrected chi connectivity index (χ2v) is 8.10. The molecule has 2 aromatic rings. The van der Waals surface area contributed by atoms with Crippen LogP contribution in [0, 0.1) is 11.7 Å². The molecule has 29 heavy (non-hydrogen) atoms. The van der Waals surface area contributed by atoms with Crippen molar-refractivity contribution in [3.63, 3.8) is 0 Å². The Morgan fingerprint density at radius 1 is 1.10 bits per heavy atom. The Hall–Kier alpha value is -2.96. The van der Waals surface area contributed by atoms with Crippen molar-refractivity contribution in [1.29, 1.82) is 0 Å². The Kier molecular flexibility index (Phi) is 4.98. The number of piperidine rings is 1. The summed E-state index contributed by atoms with van der Waals surface area (Å²) in [7, 11) is 3.35. The molecule has 2 amide bonds. The average molecular weight is 397 g/mol. The van der Waals surface area contributed by atoms with Crippen molar-refractivity contribution in [3.05, 3.63) is 69.9 Å². The van der Waals surface area contributed by atoms with Gasteiger partial charge in [-0.05, 0) is 24.1 Å². The molecule has 1 saturated heterocycles. The number of fused-ring (bicyclic) bond motifs is 4. The summed E-state index contributed by atoms with van der Waals surface area (Å²) >= 11 is 0. The lowest BCUT2D eigenvalue weighted by atomic mass is 9.78. The summed E-state index contributed by atoms with van der Waals surface area (Å²) in [4.78, 5) is 41.7. The molecule has 2 aliphatic heterocycles. The number of hydrogen-bond acceptors (Lipinski definition) is 3. The maximum Gasteiger partial charge on any atom is 0.251 e. The van der Waals surface area contributed by atoms with Crippen molar-refractivity contribution in [2.75, 3.05) is 27.2 Å². The Labute approximate surface area is 168 Å². The highest BCUT2D eigenvalue weighted by Gasteiger charge is 2.45. The number of amides is 2. The quantitative estimate of drug-likeness (QED) is 0.794. The fraction of sp³-hybridized carbons (Fsp3) is 0.409. The normalized spacial score (nSPS) is 22.7. The maximum absolute atomic E-state index is 14.0. The zero-order valence-electron chi connectivity index (χ0n) is 16.5. The smallest absolute Gasteiger partial charge is 0.251 e. The van der Waals surface area contributed by atoms with E-state index in [9.17, 15) is 18.8 Å². The predicted octanol–water partition coefficient (Wildman–Crippen LogP) is 1.81. The molecule has 1 fully saturated rings. The number of carbonyl (C=O) groups excluding carboxylic acids is 2. The molecule has 0 spiro atoms. The van der Waals surface area contributed by atoms with E-state index < -0.39 is 11.9 Å². The third-order valence-electron chi connectivity index (χ3n) is 5.99. The van der Waals surface area contributed by atoms with E-state index >= 15 is 0 Å². The largest absolute Gasteiger partial charge is 0.347 e. The average Bonchev–Trinajstić information content (AvgIpc) is 2.70. The summed E-state index contributed by atoms with van der Waals surface area (Å²) in [6, 6.07) is 10.7. The minimum absolute atomic E-state index is 0.0139. The molecule has 4 rings (SSSR count). The van der Waals surface area contributed by atoms with E-state index in [2.05, 4.69) is 0 Å². The lowest BCUT2D eigenvalue weighted by Crippen LogP contribution is -2.54. The van der Waals surface area contributed by atoms with Crippen LogP contribution in [0.1, 0.15) is 29.6 Å². The highest BCUT2D eigenvalue weighted by Crippen LogP contribution is 2.41. The first kappa shape index (κ1) is 19.4. The van der Waals surface area contributed by atoms with Crippen LogP contribution in [0.3, 0.4) is 0 Å². The van der Waals surface area contributed by atoms with Crippen LogP contribution in [0.25, 0.3) is 0 Å². The summed E-state index contributed by atoms with van der Waals surface area (Å²) in [5.74, 6) is -0.867. The first-order valence-corrected chi connectivity index (χ1v) is 9.80. The molecule has 3 atom stereocenters. The molecule has 3 heterocycles. The third-order valence-corrected chi connectivity index (χ3v) is 5.99. The van der Waals surface area contributed by atoms with Gasteiger partial charge in [0.1, 0.15) is 11.9 Å². The number of benzene rings is 1. The van der Waals surface area contributed by atoms with Crippen molar-refractivity contribution < 1.29 is 14.0 Å². The van der Waals surface area contributed by atoms with Crippen LogP contribution in [0.5, 0.6) is 0 Å². The van der Waals surface area contributed by atoms with Crippen molar-refractivity contribution in [2.45, 2.75) is 24.8 Å². The molecule has 0 saturated carbocycles. The Morgan fingerprint density at radius 3 is 2.59 bits per heavy atom. The van der Waals surface area contributed by atoms with Gasteiger partial charge in [-0.15, -0.1) is 0 Å². The van der Waals surface area contributed by atoms with E-state index in [1.54, 1.807) is 47.8 Å². The van der Waals surface area contributed by atoms with Crippen LogP contribution in [-0.4, -0.2) is 53.4 Å². The van der Waals surface area contributed by atoms with Gasteiger partial charge in [0.05, 0.1) is 6.42 Å². The zero-order valence-corrected chi connectivity index (χ0v) is 16.5. The fourth-order valence-corrected chi connectivity index (χ4v) is 4.64. The van der Waals surface area contributed by atoms with Gasteiger partial charge in [-0.2, -0.15) is 0 Å². The zero-order chi connectivity index (χ0) is 20.7. The van der Waals surface area contributed by atoms with E-state index in [4.69, 9.17) is 0 Å². The van der Waals surface area contributed by atoms with Crippen molar-refractivity contribution >= 4 is 11.8 Å². The van der Waals surface area contributed by atoms with Crippen molar-refractivity contribution in [2.24, 2.45) is 5.92 Å². The number of nitrogens with zero attached hydrogens (tertiary/aromatic N) is 3. The Bertz CT molecular complexity index is 1020. The van der Waals surface area contributed by atoms with Crippen molar-refractivity contribution in [3.8, 4) is 0 Å². The number of aromatic nitrogens is 1. The number of hydrogen-bond donors (Lipinski definition) is 0. The number of likely N-dealkylation sites (tertiary alicyclic amines) is 1. The summed E-state index contributed by atoms with van der Waals surface area (Å²) < 4.78 is 15.6. The predicted molar refractivity (Wildman–Crippen MR) is 106 cm³/mol. The molecule has 1 aromatic heterocycles. The Morgan fingerprint density at radius 2 is 1.86 bits per heavy atom. The fourth-order valence-electron chi connectivity index (χ4n) is 4.64. The van der Waals surface area contributed by atoms with E-state index in [0.717, 1.165) is 12.1 Å². The van der Waals surface area contributed by atoms with Gasteiger partial charge in [0.15, 0.2) is 0 Å². The number of rotatable bonds is 3. The molecular weight excluding hydrogens is 373 g/mol. The maximum atomic E-state index is 14.0. The van der Waals surface area contributed by atoms with Gasteiger partial charge in [-0.1, -0.05) is 24.3 Å². The van der Waals surface area contributed by atoms with Crippen LogP contribution >= 0.6 is 0 Å². The topological polar surface area (TPSA) is 62.6 Å². The molecule has 0 aliphatic carbocycles. The molecule has 7 heteroatoms. The van der Waals surface area contributed by atoms with Crippen molar-refractivity contribution in [1.82, 2.24) is 14.4 Å². The highest BCUT2D eigenvalue weighted by molar-refractivity contribution is 5.82. The van der Waals surface area contributed by atoms with Gasteiger partial charge in [0, 0.05) is 50.8 Å². The third kappa shape index (κ3) is 3.45. The van der Waals surface area contributed by atoms with E-state index in [1.807, 2.05) is 6.07 Å². The van der Waals surface area contributed by atoms with E-state index in [0.29, 0.717) is 18.7 Å². The molecule has 6 nitrogen and oxygen atoms in total. The molecule has 0 unspecified atom stereocenters. The highest BCUT2D eigenvalue weighted by atomic mass is 19.1. The lowest BCUT2D eigenvalue weighted by molar-refractivity contribution is -0.140. The second kappa shape index (κ2) is 7.46. The monoisotopic (exact) mass is 397 g/mol. The minimum atomic E-state index is -0.631. The Balaban J connectivity index is 1.66. The first-order chi connectivity index (χ1) is 13.9. The number of pyridine rings is 1. The van der Waals surface area contributed by atoms with Crippen LogP contribution < -0.4 is 5.56 Å². The molecular formula is C22H24FN3O3. The van der Waals surface area contributed by atoms with Gasteiger partial charge in [0.25, 0.3) is 5.56 Å². The van der Waals surface area contributed by atoms with Gasteiger partial charge < -0.3 is 9.80 Å². The van der Waals surface area contributed by atoms with Crippen LogP contribution in [0.4, 0.5) is 4.39 Å². The molecule has 0 N–H and O–H groups in total. The summed E-state index contributed by atoms with van der Waals surface area (Å²) in [6.45, 7) is 0.852. The van der Waals surface area contributed by atoms with Crippen LogP contribution in [-0.2, 0) is 16.0 Å². The molecule has 2 bridgehead atoms. The van der Waals surface area contributed by atoms with E-state index in [1.165, 1.54) is 17.0 Å². The summed E-state index contributed by atoms with van der Waals surface area (Å²) in [5, 5.41) is 0. The van der Waals surface area contributed by atoms with E-state index in [-0.39, 0.29) is 35.6 Å². The first-order valence-electron chi connectivity index (χ1n) is 9.80. The van der Waals surface area contributed by atoms with Gasteiger partial charge in [-0.3, -0.25) is 19.0 Å². The molecule has 1 aromatic carbocycles. The van der Waals surface area contributed by atoms with Gasteiger partial charge >= 0.3 is 0 Å². The number of likely N-dealkylation sites (N-methyl/N-ethyl adjacent to an activating group) is 1. The SMILES string of the molecule is CN(C)C(=O)[C@H]1[C@H]2C[C@H](CN(C(=O)Cc3ccccc3F)C2)c2cccc(=O)n21. The number of halogens is 1. The van der Waals surface area contributed by atoms with Crippen LogP contribution in [0.15, 0.2) is 47.3 Å². The van der Waals surface area contributed by atoms with Crippen LogP contribution in [0.2, 0.25) is 0 Å².